The lowest BCUT2D eigenvalue weighted by molar-refractivity contribution is -0.122. The quantitative estimate of drug-likeness (QED) is 0.506. The third-order valence-electron chi connectivity index (χ3n) is 5.30. The molecule has 0 aromatic heterocycles. The van der Waals surface area contributed by atoms with Crippen LogP contribution in [0.5, 0.6) is 0 Å². The summed E-state index contributed by atoms with van der Waals surface area (Å²) in [6.07, 6.45) is 0.788. The van der Waals surface area contributed by atoms with Gasteiger partial charge in [-0.2, -0.15) is 0 Å². The molecule has 9 nitrogen and oxygen atoms in total. The van der Waals surface area contributed by atoms with Crippen molar-refractivity contribution in [2.24, 2.45) is 0 Å². The van der Waals surface area contributed by atoms with Gasteiger partial charge in [0.05, 0.1) is 6.54 Å². The number of amides is 4. The maximum atomic E-state index is 12.8. The Morgan fingerprint density at radius 2 is 1.52 bits per heavy atom. The van der Waals surface area contributed by atoms with Crippen LogP contribution in [0.25, 0.3) is 0 Å². The SMILES string of the molecule is COCCCNC(=O)CN1CCN(C(=O)c2ccc(NC(=O)Nc3ccccc3)cc2)CC1. The van der Waals surface area contributed by atoms with Crippen molar-refractivity contribution < 1.29 is 19.1 Å². The van der Waals surface area contributed by atoms with Gasteiger partial charge in [0.25, 0.3) is 5.91 Å². The van der Waals surface area contributed by atoms with Gasteiger partial charge in [-0.05, 0) is 42.8 Å². The average Bonchev–Trinajstić information content (AvgIpc) is 2.83. The maximum Gasteiger partial charge on any atom is 0.323 e. The molecule has 0 bridgehead atoms. The molecule has 0 spiro atoms. The smallest absolute Gasteiger partial charge is 0.323 e. The van der Waals surface area contributed by atoms with E-state index in [-0.39, 0.29) is 17.8 Å². The molecule has 0 radical (unpaired) electrons. The van der Waals surface area contributed by atoms with E-state index in [9.17, 15) is 14.4 Å². The number of anilines is 2. The van der Waals surface area contributed by atoms with E-state index in [4.69, 9.17) is 4.74 Å². The van der Waals surface area contributed by atoms with Crippen molar-refractivity contribution in [3.8, 4) is 0 Å². The minimum absolute atomic E-state index is 0.00901. The van der Waals surface area contributed by atoms with Crippen LogP contribution >= 0.6 is 0 Å². The number of rotatable bonds is 9. The van der Waals surface area contributed by atoms with Crippen molar-refractivity contribution >= 4 is 29.2 Å². The highest BCUT2D eigenvalue weighted by atomic mass is 16.5. The summed E-state index contributed by atoms with van der Waals surface area (Å²) in [5.41, 5.74) is 1.86. The number of nitrogens with one attached hydrogen (secondary N) is 3. The van der Waals surface area contributed by atoms with Crippen molar-refractivity contribution in [1.29, 1.82) is 0 Å². The molecule has 3 N–H and O–H groups in total. The number of piperazine rings is 1. The van der Waals surface area contributed by atoms with Crippen LogP contribution in [0.1, 0.15) is 16.8 Å². The fraction of sp³-hybridized carbons (Fsp3) is 0.375. The zero-order chi connectivity index (χ0) is 23.5. The topological polar surface area (TPSA) is 103 Å². The van der Waals surface area contributed by atoms with Gasteiger partial charge in [-0.25, -0.2) is 4.79 Å². The van der Waals surface area contributed by atoms with Gasteiger partial charge in [-0.1, -0.05) is 18.2 Å². The molecule has 0 unspecified atom stereocenters. The third-order valence-corrected chi connectivity index (χ3v) is 5.30. The van der Waals surface area contributed by atoms with Crippen LogP contribution in [0.4, 0.5) is 16.2 Å². The molecule has 3 rings (SSSR count). The minimum atomic E-state index is -0.348. The van der Waals surface area contributed by atoms with Crippen molar-refractivity contribution in [3.63, 3.8) is 0 Å². The van der Waals surface area contributed by atoms with E-state index in [0.717, 1.165) is 6.42 Å². The molecule has 2 aromatic rings. The summed E-state index contributed by atoms with van der Waals surface area (Å²) < 4.78 is 4.97. The van der Waals surface area contributed by atoms with Gasteiger partial charge in [0, 0.05) is 63.4 Å². The highest BCUT2D eigenvalue weighted by Gasteiger charge is 2.23. The van der Waals surface area contributed by atoms with Crippen LogP contribution in [0.3, 0.4) is 0 Å². The van der Waals surface area contributed by atoms with Gasteiger partial charge < -0.3 is 25.6 Å². The summed E-state index contributed by atoms with van der Waals surface area (Å²) in [7, 11) is 1.64. The first-order valence-corrected chi connectivity index (χ1v) is 11.1. The molecule has 1 heterocycles. The monoisotopic (exact) mass is 453 g/mol. The summed E-state index contributed by atoms with van der Waals surface area (Å²) in [6, 6.07) is 15.7. The van der Waals surface area contributed by atoms with E-state index in [1.165, 1.54) is 0 Å². The molecule has 2 aromatic carbocycles. The second-order valence-electron chi connectivity index (χ2n) is 7.79. The average molecular weight is 454 g/mol. The maximum absolute atomic E-state index is 12.8. The Morgan fingerprint density at radius 1 is 0.879 bits per heavy atom. The largest absolute Gasteiger partial charge is 0.385 e. The minimum Gasteiger partial charge on any atom is -0.385 e. The van der Waals surface area contributed by atoms with E-state index in [1.54, 1.807) is 48.4 Å². The Labute approximate surface area is 194 Å². The van der Waals surface area contributed by atoms with Gasteiger partial charge >= 0.3 is 6.03 Å². The van der Waals surface area contributed by atoms with Gasteiger partial charge in [0.1, 0.15) is 0 Å². The normalized spacial score (nSPS) is 13.9. The summed E-state index contributed by atoms with van der Waals surface area (Å²) >= 11 is 0. The first-order valence-electron chi connectivity index (χ1n) is 11.1. The molecule has 1 saturated heterocycles. The van der Waals surface area contributed by atoms with Gasteiger partial charge in [-0.3, -0.25) is 14.5 Å². The zero-order valence-corrected chi connectivity index (χ0v) is 18.9. The van der Waals surface area contributed by atoms with Gasteiger partial charge in [-0.15, -0.1) is 0 Å². The Kier molecular flexibility index (Phi) is 9.22. The lowest BCUT2D eigenvalue weighted by Gasteiger charge is -2.34. The number of carbonyl (C=O) groups is 3. The standard InChI is InChI=1S/C24H31N5O4/c1-33-17-5-12-25-22(30)18-28-13-15-29(16-14-28)23(31)19-8-10-21(11-9-19)27-24(32)26-20-6-3-2-4-7-20/h2-4,6-11H,5,12-18H2,1H3,(H,25,30)(H2,26,27,32). The van der Waals surface area contributed by atoms with Crippen molar-refractivity contribution in [3.05, 3.63) is 60.2 Å². The molecule has 4 amide bonds. The number of hydrogen-bond donors (Lipinski definition) is 3. The third kappa shape index (κ3) is 7.89. The van der Waals surface area contributed by atoms with Crippen LogP contribution in [-0.2, 0) is 9.53 Å². The fourth-order valence-electron chi connectivity index (χ4n) is 3.51. The Morgan fingerprint density at radius 3 is 2.15 bits per heavy atom. The molecule has 0 aliphatic carbocycles. The predicted octanol–water partition coefficient (Wildman–Crippen LogP) is 2.24. The Hall–Kier alpha value is -3.43. The first kappa shape index (κ1) is 24.2. The molecule has 9 heteroatoms. The van der Waals surface area contributed by atoms with Gasteiger partial charge in [0.2, 0.25) is 5.91 Å². The lowest BCUT2D eigenvalue weighted by Crippen LogP contribution is -2.51. The number of hydrogen-bond acceptors (Lipinski definition) is 5. The van der Waals surface area contributed by atoms with Crippen LogP contribution < -0.4 is 16.0 Å². The van der Waals surface area contributed by atoms with E-state index in [1.807, 2.05) is 23.1 Å². The Bertz CT molecular complexity index is 912. The molecular weight excluding hydrogens is 422 g/mol. The number of nitrogens with zero attached hydrogens (tertiary/aromatic N) is 2. The predicted molar refractivity (Wildman–Crippen MR) is 127 cm³/mol. The van der Waals surface area contributed by atoms with E-state index >= 15 is 0 Å². The van der Waals surface area contributed by atoms with Crippen LogP contribution in [0.2, 0.25) is 0 Å². The zero-order valence-electron chi connectivity index (χ0n) is 18.9. The molecule has 33 heavy (non-hydrogen) atoms. The number of ether oxygens (including phenoxy) is 1. The van der Waals surface area contributed by atoms with E-state index in [2.05, 4.69) is 16.0 Å². The van der Waals surface area contributed by atoms with E-state index in [0.29, 0.717) is 62.8 Å². The molecule has 1 fully saturated rings. The number of benzene rings is 2. The molecule has 1 aliphatic rings. The number of carbonyl (C=O) groups excluding carboxylic acids is 3. The molecular formula is C24H31N5O4. The second-order valence-corrected chi connectivity index (χ2v) is 7.79. The molecule has 0 saturated carbocycles. The summed E-state index contributed by atoms with van der Waals surface area (Å²) in [5, 5.41) is 8.39. The van der Waals surface area contributed by atoms with Crippen LogP contribution in [0.15, 0.2) is 54.6 Å². The first-order chi connectivity index (χ1) is 16.0. The molecule has 176 valence electrons. The van der Waals surface area contributed by atoms with E-state index < -0.39 is 0 Å². The van der Waals surface area contributed by atoms with Crippen molar-refractivity contribution in [2.45, 2.75) is 6.42 Å². The Balaban J connectivity index is 1.41. The molecule has 1 aliphatic heterocycles. The number of methoxy groups -OCH3 is 1. The second kappa shape index (κ2) is 12.6. The summed E-state index contributed by atoms with van der Waals surface area (Å²) in [5.74, 6) is -0.0655. The van der Waals surface area contributed by atoms with Crippen molar-refractivity contribution in [2.75, 3.05) is 63.6 Å². The highest BCUT2D eigenvalue weighted by Crippen LogP contribution is 2.14. The number of urea groups is 1. The number of para-hydroxylation sites is 1. The van der Waals surface area contributed by atoms with Gasteiger partial charge in [0.15, 0.2) is 0 Å². The lowest BCUT2D eigenvalue weighted by atomic mass is 10.1. The van der Waals surface area contributed by atoms with Crippen LogP contribution in [0, 0.1) is 0 Å². The summed E-state index contributed by atoms with van der Waals surface area (Å²) in [4.78, 5) is 40.8. The van der Waals surface area contributed by atoms with Crippen LogP contribution in [-0.4, -0.2) is 80.6 Å². The highest BCUT2D eigenvalue weighted by molar-refractivity contribution is 6.00. The summed E-state index contributed by atoms with van der Waals surface area (Å²) in [6.45, 7) is 3.99. The molecule has 0 atom stereocenters. The fourth-order valence-corrected chi connectivity index (χ4v) is 3.51. The van der Waals surface area contributed by atoms with Crippen molar-refractivity contribution in [1.82, 2.24) is 15.1 Å².